The molecule has 0 aliphatic carbocycles. The third kappa shape index (κ3) is 7.33. The number of halogens is 2. The molecule has 0 fully saturated rings. The van der Waals surface area contributed by atoms with E-state index >= 15 is 0 Å². The Hall–Kier alpha value is -3.35. The zero-order valence-electron chi connectivity index (χ0n) is 18.8. The zero-order valence-corrected chi connectivity index (χ0v) is 20.3. The van der Waals surface area contributed by atoms with Crippen molar-refractivity contribution in [3.63, 3.8) is 0 Å². The number of benzene rings is 3. The SMILES string of the molecule is CC(C)C(NC(=O)c1cccc(Cl)c1)C(=O)NN=Cc1ccc(OCc2ccccc2Cl)cc1. The average Bonchev–Trinajstić information content (AvgIpc) is 2.82. The summed E-state index contributed by atoms with van der Waals surface area (Å²) >= 11 is 12.1. The normalized spacial score (nSPS) is 11.9. The maximum atomic E-state index is 12.6. The largest absolute Gasteiger partial charge is 0.489 e. The van der Waals surface area contributed by atoms with Gasteiger partial charge < -0.3 is 10.1 Å². The molecular formula is C26H25Cl2N3O3. The first-order chi connectivity index (χ1) is 16.3. The van der Waals surface area contributed by atoms with Gasteiger partial charge in [-0.3, -0.25) is 9.59 Å². The number of rotatable bonds is 9. The summed E-state index contributed by atoms with van der Waals surface area (Å²) in [5.41, 5.74) is 4.55. The molecule has 0 saturated carbocycles. The first kappa shape index (κ1) is 25.3. The van der Waals surface area contributed by atoms with Gasteiger partial charge >= 0.3 is 0 Å². The van der Waals surface area contributed by atoms with Crippen LogP contribution in [-0.4, -0.2) is 24.1 Å². The molecule has 8 heteroatoms. The van der Waals surface area contributed by atoms with Gasteiger partial charge in [-0.1, -0.05) is 61.3 Å². The third-order valence-corrected chi connectivity index (χ3v) is 5.55. The third-order valence-electron chi connectivity index (χ3n) is 4.94. The van der Waals surface area contributed by atoms with E-state index in [0.717, 1.165) is 11.1 Å². The van der Waals surface area contributed by atoms with Gasteiger partial charge in [0.1, 0.15) is 18.4 Å². The Morgan fingerprint density at radius 1 is 1.00 bits per heavy atom. The van der Waals surface area contributed by atoms with E-state index in [2.05, 4.69) is 15.8 Å². The van der Waals surface area contributed by atoms with Gasteiger partial charge in [0.05, 0.1) is 6.21 Å². The van der Waals surface area contributed by atoms with Crippen molar-refractivity contribution >= 4 is 41.2 Å². The fraction of sp³-hybridized carbons (Fsp3) is 0.192. The molecular weight excluding hydrogens is 473 g/mol. The molecule has 3 aromatic rings. The maximum Gasteiger partial charge on any atom is 0.262 e. The van der Waals surface area contributed by atoms with E-state index in [1.165, 1.54) is 6.21 Å². The average molecular weight is 498 g/mol. The highest BCUT2D eigenvalue weighted by molar-refractivity contribution is 6.31. The topological polar surface area (TPSA) is 79.8 Å². The van der Waals surface area contributed by atoms with Crippen LogP contribution in [0.4, 0.5) is 0 Å². The summed E-state index contributed by atoms with van der Waals surface area (Å²) in [5, 5.41) is 7.86. The summed E-state index contributed by atoms with van der Waals surface area (Å²) < 4.78 is 5.76. The van der Waals surface area contributed by atoms with E-state index in [1.54, 1.807) is 24.3 Å². The molecule has 1 unspecified atom stereocenters. The van der Waals surface area contributed by atoms with Crippen LogP contribution in [0.1, 0.15) is 35.3 Å². The summed E-state index contributed by atoms with van der Waals surface area (Å²) in [5.74, 6) is -0.258. The summed E-state index contributed by atoms with van der Waals surface area (Å²) in [6, 6.07) is 20.5. The molecule has 3 rings (SSSR count). The molecule has 0 bridgehead atoms. The van der Waals surface area contributed by atoms with Crippen LogP contribution in [0.15, 0.2) is 77.9 Å². The van der Waals surface area contributed by atoms with Crippen molar-refractivity contribution in [1.29, 1.82) is 0 Å². The lowest BCUT2D eigenvalue weighted by Gasteiger charge is -2.20. The Morgan fingerprint density at radius 2 is 1.74 bits per heavy atom. The van der Waals surface area contributed by atoms with Gasteiger partial charge in [0, 0.05) is 21.2 Å². The Labute approximate surface area is 208 Å². The van der Waals surface area contributed by atoms with Gasteiger partial charge in [0.15, 0.2) is 0 Å². The number of carbonyl (C=O) groups excluding carboxylic acids is 2. The van der Waals surface area contributed by atoms with E-state index in [9.17, 15) is 9.59 Å². The van der Waals surface area contributed by atoms with Gasteiger partial charge in [0.25, 0.3) is 11.8 Å². The summed E-state index contributed by atoms with van der Waals surface area (Å²) in [6.07, 6.45) is 1.52. The van der Waals surface area contributed by atoms with Gasteiger partial charge in [-0.2, -0.15) is 5.10 Å². The second kappa shape index (κ2) is 12.2. The fourth-order valence-electron chi connectivity index (χ4n) is 3.06. The minimum absolute atomic E-state index is 0.145. The number of amides is 2. The second-order valence-electron chi connectivity index (χ2n) is 7.89. The molecule has 0 aliphatic rings. The molecule has 0 spiro atoms. The van der Waals surface area contributed by atoms with Crippen molar-refractivity contribution in [2.75, 3.05) is 0 Å². The number of hydrogen-bond donors (Lipinski definition) is 2. The number of nitrogens with one attached hydrogen (secondary N) is 2. The maximum absolute atomic E-state index is 12.6. The number of hydrazone groups is 1. The van der Waals surface area contributed by atoms with Crippen molar-refractivity contribution in [3.8, 4) is 5.75 Å². The molecule has 0 aromatic heterocycles. The Kier molecular flexibility index (Phi) is 9.08. The molecule has 34 heavy (non-hydrogen) atoms. The number of hydrogen-bond acceptors (Lipinski definition) is 4. The van der Waals surface area contributed by atoms with E-state index in [0.29, 0.717) is 28.0 Å². The molecule has 0 saturated heterocycles. The summed E-state index contributed by atoms with van der Waals surface area (Å²) in [7, 11) is 0. The minimum Gasteiger partial charge on any atom is -0.489 e. The number of nitrogens with zero attached hydrogens (tertiary/aromatic N) is 1. The van der Waals surface area contributed by atoms with Crippen molar-refractivity contribution in [1.82, 2.24) is 10.7 Å². The smallest absolute Gasteiger partial charge is 0.262 e. The lowest BCUT2D eigenvalue weighted by Crippen LogP contribution is -2.48. The molecule has 0 radical (unpaired) electrons. The van der Waals surface area contributed by atoms with Crippen LogP contribution >= 0.6 is 23.2 Å². The fourth-order valence-corrected chi connectivity index (χ4v) is 3.44. The van der Waals surface area contributed by atoms with Crippen LogP contribution in [-0.2, 0) is 11.4 Å². The molecule has 176 valence electrons. The summed E-state index contributed by atoms with van der Waals surface area (Å²) in [6.45, 7) is 4.04. The van der Waals surface area contributed by atoms with Crippen molar-refractivity contribution in [2.24, 2.45) is 11.0 Å². The molecule has 2 N–H and O–H groups in total. The Bertz CT molecular complexity index is 1160. The lowest BCUT2D eigenvalue weighted by molar-refractivity contribution is -0.123. The van der Waals surface area contributed by atoms with Crippen LogP contribution in [0.5, 0.6) is 5.75 Å². The van der Waals surface area contributed by atoms with E-state index in [4.69, 9.17) is 27.9 Å². The predicted octanol–water partition coefficient (Wildman–Crippen LogP) is 5.48. The van der Waals surface area contributed by atoms with E-state index in [1.807, 2.05) is 62.4 Å². The molecule has 0 aliphatic heterocycles. The first-order valence-corrected chi connectivity index (χ1v) is 11.4. The number of carbonyl (C=O) groups is 2. The highest BCUT2D eigenvalue weighted by Gasteiger charge is 2.24. The van der Waals surface area contributed by atoms with Gasteiger partial charge in [-0.15, -0.1) is 0 Å². The molecule has 6 nitrogen and oxygen atoms in total. The molecule has 0 heterocycles. The standard InChI is InChI=1S/C26H25Cl2N3O3/c1-17(2)24(30-25(32)19-7-5-8-21(27)14-19)26(33)31-29-15-18-10-12-22(13-11-18)34-16-20-6-3-4-9-23(20)28/h3-15,17,24H,16H2,1-2H3,(H,30,32)(H,31,33). The minimum atomic E-state index is -0.760. The van der Waals surface area contributed by atoms with Crippen LogP contribution in [0.3, 0.4) is 0 Å². The monoisotopic (exact) mass is 497 g/mol. The lowest BCUT2D eigenvalue weighted by atomic mass is 10.0. The van der Waals surface area contributed by atoms with Crippen LogP contribution in [0.2, 0.25) is 10.0 Å². The molecule has 3 aromatic carbocycles. The van der Waals surface area contributed by atoms with Gasteiger partial charge in [-0.25, -0.2) is 5.43 Å². The van der Waals surface area contributed by atoms with Crippen molar-refractivity contribution in [3.05, 3.63) is 99.5 Å². The zero-order chi connectivity index (χ0) is 24.5. The highest BCUT2D eigenvalue weighted by atomic mass is 35.5. The number of ether oxygens (including phenoxy) is 1. The van der Waals surface area contributed by atoms with E-state index in [-0.39, 0.29) is 11.8 Å². The summed E-state index contributed by atoms with van der Waals surface area (Å²) in [4.78, 5) is 25.1. The Morgan fingerprint density at radius 3 is 2.41 bits per heavy atom. The van der Waals surface area contributed by atoms with Gasteiger partial charge in [-0.05, 0) is 60.0 Å². The van der Waals surface area contributed by atoms with Crippen molar-refractivity contribution < 1.29 is 14.3 Å². The van der Waals surface area contributed by atoms with Crippen LogP contribution < -0.4 is 15.5 Å². The van der Waals surface area contributed by atoms with Crippen molar-refractivity contribution in [2.45, 2.75) is 26.5 Å². The Balaban J connectivity index is 1.53. The predicted molar refractivity (Wildman–Crippen MR) is 136 cm³/mol. The molecule has 1 atom stereocenters. The molecule has 2 amide bonds. The second-order valence-corrected chi connectivity index (χ2v) is 8.73. The van der Waals surface area contributed by atoms with Gasteiger partial charge in [0.2, 0.25) is 0 Å². The van der Waals surface area contributed by atoms with E-state index < -0.39 is 11.9 Å². The van der Waals surface area contributed by atoms with Crippen LogP contribution in [0.25, 0.3) is 0 Å². The van der Waals surface area contributed by atoms with Crippen LogP contribution in [0, 0.1) is 5.92 Å². The quantitative estimate of drug-likeness (QED) is 0.303. The first-order valence-electron chi connectivity index (χ1n) is 10.7. The highest BCUT2D eigenvalue weighted by Crippen LogP contribution is 2.19.